The van der Waals surface area contributed by atoms with E-state index in [1.807, 2.05) is 53.1 Å². The second-order valence-electron chi connectivity index (χ2n) is 5.04. The zero-order chi connectivity index (χ0) is 14.8. The smallest absolute Gasteiger partial charge is 0.354 e. The van der Waals surface area contributed by atoms with Crippen LogP contribution in [0.5, 0.6) is 0 Å². The molecule has 1 aromatic heterocycles. The average Bonchev–Trinajstić information content (AvgIpc) is 2.93. The Hall–Kier alpha value is -2.55. The molecule has 0 aliphatic carbocycles. The van der Waals surface area contributed by atoms with Crippen LogP contribution >= 0.6 is 0 Å². The van der Waals surface area contributed by atoms with E-state index in [0.717, 1.165) is 16.5 Å². The van der Waals surface area contributed by atoms with Gasteiger partial charge in [0.1, 0.15) is 5.69 Å². The molecule has 3 aromatic rings. The van der Waals surface area contributed by atoms with Crippen molar-refractivity contribution in [3.8, 4) is 0 Å². The summed E-state index contributed by atoms with van der Waals surface area (Å²) < 4.78 is 6.97. The zero-order valence-electron chi connectivity index (χ0n) is 12.1. The minimum atomic E-state index is -0.311. The highest BCUT2D eigenvalue weighted by Crippen LogP contribution is 2.28. The van der Waals surface area contributed by atoms with Crippen LogP contribution in [0.2, 0.25) is 0 Å². The van der Waals surface area contributed by atoms with Gasteiger partial charge < -0.3 is 9.30 Å². The molecule has 0 fully saturated rings. The molecule has 1 heterocycles. The van der Waals surface area contributed by atoms with Crippen molar-refractivity contribution in [1.82, 2.24) is 4.57 Å². The number of aromatic nitrogens is 1. The maximum Gasteiger partial charge on any atom is 0.354 e. The van der Waals surface area contributed by atoms with Crippen molar-refractivity contribution in [3.05, 3.63) is 71.9 Å². The maximum atomic E-state index is 12.1. The molecule has 106 valence electrons. The van der Waals surface area contributed by atoms with Gasteiger partial charge in [-0.05, 0) is 24.6 Å². The van der Waals surface area contributed by atoms with Crippen LogP contribution < -0.4 is 0 Å². The van der Waals surface area contributed by atoms with Crippen molar-refractivity contribution in [1.29, 1.82) is 0 Å². The van der Waals surface area contributed by atoms with Gasteiger partial charge in [0.05, 0.1) is 13.2 Å². The van der Waals surface area contributed by atoms with Gasteiger partial charge in [0, 0.05) is 10.9 Å². The first-order valence-corrected chi connectivity index (χ1v) is 6.95. The van der Waals surface area contributed by atoms with Crippen molar-refractivity contribution < 1.29 is 9.53 Å². The first-order chi connectivity index (χ1) is 10.2. The maximum absolute atomic E-state index is 12.1. The summed E-state index contributed by atoms with van der Waals surface area (Å²) >= 11 is 0. The first-order valence-electron chi connectivity index (χ1n) is 6.95. The molecule has 0 bridgehead atoms. The molecule has 3 heteroatoms. The van der Waals surface area contributed by atoms with Gasteiger partial charge in [-0.15, -0.1) is 0 Å². The zero-order valence-corrected chi connectivity index (χ0v) is 12.1. The summed E-state index contributed by atoms with van der Waals surface area (Å²) in [5.41, 5.74) is 2.77. The standard InChI is InChI=1S/C18H17NO2/c1-13(14-8-4-3-5-9-14)19-16-11-7-6-10-15(16)12-17(19)18(20)21-2/h3-13H,1-2H3/t13-/m0/s1. The third kappa shape index (κ3) is 2.31. The Balaban J connectivity index is 2.22. The topological polar surface area (TPSA) is 31.2 Å². The Morgan fingerprint density at radius 2 is 1.71 bits per heavy atom. The van der Waals surface area contributed by atoms with E-state index in [9.17, 15) is 4.79 Å². The van der Waals surface area contributed by atoms with Gasteiger partial charge in [0.15, 0.2) is 0 Å². The number of para-hydroxylation sites is 1. The molecule has 3 rings (SSSR count). The summed E-state index contributed by atoms with van der Waals surface area (Å²) in [4.78, 5) is 12.1. The number of carbonyl (C=O) groups is 1. The molecule has 0 amide bonds. The van der Waals surface area contributed by atoms with Crippen LogP contribution in [0.1, 0.15) is 29.0 Å². The molecule has 2 aromatic carbocycles. The molecule has 0 saturated carbocycles. The number of hydrogen-bond acceptors (Lipinski definition) is 2. The third-order valence-corrected chi connectivity index (χ3v) is 3.81. The van der Waals surface area contributed by atoms with Gasteiger partial charge in [0.2, 0.25) is 0 Å². The second kappa shape index (κ2) is 5.44. The lowest BCUT2D eigenvalue weighted by atomic mass is 10.1. The van der Waals surface area contributed by atoms with E-state index in [-0.39, 0.29) is 12.0 Å². The normalized spacial score (nSPS) is 12.3. The van der Waals surface area contributed by atoms with E-state index < -0.39 is 0 Å². The van der Waals surface area contributed by atoms with E-state index in [4.69, 9.17) is 4.74 Å². The Morgan fingerprint density at radius 3 is 2.43 bits per heavy atom. The van der Waals surface area contributed by atoms with Crippen molar-refractivity contribution in [2.24, 2.45) is 0 Å². The van der Waals surface area contributed by atoms with E-state index in [0.29, 0.717) is 5.69 Å². The molecular formula is C18H17NO2. The SMILES string of the molecule is COC(=O)c1cc2ccccc2n1[C@@H](C)c1ccccc1. The van der Waals surface area contributed by atoms with Crippen LogP contribution in [0.3, 0.4) is 0 Å². The molecule has 1 atom stereocenters. The van der Waals surface area contributed by atoms with Gasteiger partial charge >= 0.3 is 5.97 Å². The number of benzene rings is 2. The molecule has 0 aliphatic rings. The summed E-state index contributed by atoms with van der Waals surface area (Å²) in [5.74, 6) is -0.311. The highest BCUT2D eigenvalue weighted by atomic mass is 16.5. The summed E-state index contributed by atoms with van der Waals surface area (Å²) in [6.45, 7) is 2.09. The first kappa shape index (κ1) is 13.4. The Bertz CT molecular complexity index is 774. The quantitative estimate of drug-likeness (QED) is 0.678. The van der Waals surface area contributed by atoms with Crippen LogP contribution in [0.15, 0.2) is 60.7 Å². The van der Waals surface area contributed by atoms with Gasteiger partial charge in [0.25, 0.3) is 0 Å². The van der Waals surface area contributed by atoms with E-state index in [1.54, 1.807) is 0 Å². The second-order valence-corrected chi connectivity index (χ2v) is 5.04. The predicted molar refractivity (Wildman–Crippen MR) is 83.5 cm³/mol. The van der Waals surface area contributed by atoms with Crippen LogP contribution in [0.4, 0.5) is 0 Å². The number of nitrogens with zero attached hydrogens (tertiary/aromatic N) is 1. The summed E-state index contributed by atoms with van der Waals surface area (Å²) in [7, 11) is 1.41. The molecule has 0 saturated heterocycles. The number of rotatable bonds is 3. The average molecular weight is 279 g/mol. The fourth-order valence-corrected chi connectivity index (χ4v) is 2.74. The molecule has 3 nitrogen and oxygen atoms in total. The van der Waals surface area contributed by atoms with E-state index in [1.165, 1.54) is 7.11 Å². The van der Waals surface area contributed by atoms with Crippen LogP contribution in [-0.4, -0.2) is 17.6 Å². The molecule has 0 unspecified atom stereocenters. The minimum Gasteiger partial charge on any atom is -0.464 e. The van der Waals surface area contributed by atoms with Gasteiger partial charge in [-0.2, -0.15) is 0 Å². The van der Waals surface area contributed by atoms with Crippen molar-refractivity contribution in [2.75, 3.05) is 7.11 Å². The highest BCUT2D eigenvalue weighted by molar-refractivity contribution is 5.95. The Labute approximate surface area is 123 Å². The van der Waals surface area contributed by atoms with Crippen LogP contribution in [0, 0.1) is 0 Å². The monoisotopic (exact) mass is 279 g/mol. The summed E-state index contributed by atoms with van der Waals surface area (Å²) in [6.07, 6.45) is 0. The molecule has 0 spiro atoms. The van der Waals surface area contributed by atoms with Crippen LogP contribution in [-0.2, 0) is 4.74 Å². The number of hydrogen-bond donors (Lipinski definition) is 0. The largest absolute Gasteiger partial charge is 0.464 e. The Morgan fingerprint density at radius 1 is 1.05 bits per heavy atom. The van der Waals surface area contributed by atoms with Crippen molar-refractivity contribution >= 4 is 16.9 Å². The summed E-state index contributed by atoms with van der Waals surface area (Å²) in [6, 6.07) is 20.1. The van der Waals surface area contributed by atoms with Gasteiger partial charge in [-0.3, -0.25) is 0 Å². The number of methoxy groups -OCH3 is 1. The molecule has 0 radical (unpaired) electrons. The fraction of sp³-hybridized carbons (Fsp3) is 0.167. The van der Waals surface area contributed by atoms with Gasteiger partial charge in [-0.1, -0.05) is 48.5 Å². The van der Waals surface area contributed by atoms with E-state index in [2.05, 4.69) is 19.1 Å². The fourth-order valence-electron chi connectivity index (χ4n) is 2.74. The number of carbonyl (C=O) groups excluding carboxylic acids is 1. The summed E-state index contributed by atoms with van der Waals surface area (Å²) in [5, 5.41) is 1.04. The minimum absolute atomic E-state index is 0.0557. The number of ether oxygens (including phenoxy) is 1. The molecule has 0 aliphatic heterocycles. The molecule has 21 heavy (non-hydrogen) atoms. The molecule has 0 N–H and O–H groups in total. The van der Waals surface area contributed by atoms with Gasteiger partial charge in [-0.25, -0.2) is 4.79 Å². The van der Waals surface area contributed by atoms with Crippen molar-refractivity contribution in [3.63, 3.8) is 0 Å². The predicted octanol–water partition coefficient (Wildman–Crippen LogP) is 4.04. The lowest BCUT2D eigenvalue weighted by Gasteiger charge is -2.18. The lowest BCUT2D eigenvalue weighted by Crippen LogP contribution is -2.15. The highest BCUT2D eigenvalue weighted by Gasteiger charge is 2.20. The van der Waals surface area contributed by atoms with E-state index >= 15 is 0 Å². The molecular weight excluding hydrogens is 262 g/mol. The Kier molecular flexibility index (Phi) is 3.48. The lowest BCUT2D eigenvalue weighted by molar-refractivity contribution is 0.0588. The number of esters is 1. The number of fused-ring (bicyclic) bond motifs is 1. The van der Waals surface area contributed by atoms with Crippen LogP contribution in [0.25, 0.3) is 10.9 Å². The van der Waals surface area contributed by atoms with Crippen molar-refractivity contribution in [2.45, 2.75) is 13.0 Å². The third-order valence-electron chi connectivity index (χ3n) is 3.81.